The second kappa shape index (κ2) is 5.19. The molecule has 1 saturated carbocycles. The van der Waals surface area contributed by atoms with Crippen LogP contribution in [0.4, 0.5) is 5.69 Å². The van der Waals surface area contributed by atoms with Crippen molar-refractivity contribution >= 4 is 5.69 Å². The molecule has 0 atom stereocenters. The highest BCUT2D eigenvalue weighted by Gasteiger charge is 2.27. The first-order valence-electron chi connectivity index (χ1n) is 7.64. The van der Waals surface area contributed by atoms with E-state index >= 15 is 0 Å². The Morgan fingerprint density at radius 1 is 1.05 bits per heavy atom. The van der Waals surface area contributed by atoms with Crippen LogP contribution in [0.2, 0.25) is 0 Å². The van der Waals surface area contributed by atoms with Gasteiger partial charge in [-0.1, -0.05) is 52.8 Å². The lowest BCUT2D eigenvalue weighted by Gasteiger charge is -2.36. The minimum Gasteiger partial charge on any atom is -0.382 e. The Hall–Kier alpha value is -0.980. The van der Waals surface area contributed by atoms with Crippen LogP contribution in [0.1, 0.15) is 65.9 Å². The third-order valence-electron chi connectivity index (χ3n) is 4.43. The van der Waals surface area contributed by atoms with Gasteiger partial charge >= 0.3 is 0 Å². The van der Waals surface area contributed by atoms with Crippen molar-refractivity contribution in [2.45, 2.75) is 71.8 Å². The largest absolute Gasteiger partial charge is 0.382 e. The van der Waals surface area contributed by atoms with Gasteiger partial charge in [0.1, 0.15) is 0 Å². The van der Waals surface area contributed by atoms with Crippen molar-refractivity contribution in [2.24, 2.45) is 5.41 Å². The molecule has 0 aliphatic heterocycles. The van der Waals surface area contributed by atoms with E-state index in [2.05, 4.69) is 64.2 Å². The maximum atomic E-state index is 3.79. The molecule has 1 aromatic carbocycles. The van der Waals surface area contributed by atoms with Gasteiger partial charge < -0.3 is 5.32 Å². The smallest absolute Gasteiger partial charge is 0.0380 e. The molecule has 0 spiro atoms. The standard InChI is InChI=1S/C18H29N/c1-17(2,3)15-8-6-7-9-16(15)19-14-10-12-18(4,5)13-11-14/h6-9,14,19H,10-13H2,1-5H3. The minimum atomic E-state index is 0.206. The van der Waals surface area contributed by atoms with Gasteiger partial charge in [-0.05, 0) is 48.1 Å². The van der Waals surface area contributed by atoms with Gasteiger partial charge in [0.2, 0.25) is 0 Å². The number of para-hydroxylation sites is 1. The first kappa shape index (κ1) is 14.4. The first-order valence-corrected chi connectivity index (χ1v) is 7.64. The van der Waals surface area contributed by atoms with E-state index < -0.39 is 0 Å². The van der Waals surface area contributed by atoms with Crippen molar-refractivity contribution in [1.29, 1.82) is 0 Å². The summed E-state index contributed by atoms with van der Waals surface area (Å²) in [6.45, 7) is 11.7. The molecule has 0 amide bonds. The molecule has 0 aromatic heterocycles. The number of benzene rings is 1. The van der Waals surface area contributed by atoms with E-state index in [-0.39, 0.29) is 5.41 Å². The summed E-state index contributed by atoms with van der Waals surface area (Å²) in [5, 5.41) is 3.79. The van der Waals surface area contributed by atoms with E-state index in [9.17, 15) is 0 Å². The van der Waals surface area contributed by atoms with E-state index in [1.807, 2.05) is 0 Å². The molecule has 1 N–H and O–H groups in total. The predicted molar refractivity (Wildman–Crippen MR) is 84.8 cm³/mol. The van der Waals surface area contributed by atoms with Crippen LogP contribution in [0.3, 0.4) is 0 Å². The summed E-state index contributed by atoms with van der Waals surface area (Å²) in [6.07, 6.45) is 5.27. The monoisotopic (exact) mass is 259 g/mol. The maximum absolute atomic E-state index is 3.79. The van der Waals surface area contributed by atoms with E-state index in [0.717, 1.165) is 0 Å². The highest BCUT2D eigenvalue weighted by molar-refractivity contribution is 5.54. The van der Waals surface area contributed by atoms with Crippen LogP contribution in [0.15, 0.2) is 24.3 Å². The lowest BCUT2D eigenvalue weighted by Crippen LogP contribution is -2.30. The van der Waals surface area contributed by atoms with Crippen molar-refractivity contribution in [2.75, 3.05) is 5.32 Å². The lowest BCUT2D eigenvalue weighted by molar-refractivity contribution is 0.232. The molecular weight excluding hydrogens is 230 g/mol. The summed E-state index contributed by atoms with van der Waals surface area (Å²) in [5.41, 5.74) is 3.51. The van der Waals surface area contributed by atoms with Gasteiger partial charge in [0.25, 0.3) is 0 Å². The van der Waals surface area contributed by atoms with Gasteiger partial charge in [-0.25, -0.2) is 0 Å². The molecule has 0 bridgehead atoms. The second-order valence-corrected chi connectivity index (χ2v) is 7.88. The maximum Gasteiger partial charge on any atom is 0.0380 e. The molecule has 0 saturated heterocycles. The molecule has 1 nitrogen and oxygen atoms in total. The summed E-state index contributed by atoms with van der Waals surface area (Å²) in [4.78, 5) is 0. The zero-order chi connectivity index (χ0) is 14.1. The van der Waals surface area contributed by atoms with Crippen LogP contribution in [0.25, 0.3) is 0 Å². The third kappa shape index (κ3) is 3.75. The van der Waals surface area contributed by atoms with E-state index in [4.69, 9.17) is 0 Å². The van der Waals surface area contributed by atoms with Crippen molar-refractivity contribution < 1.29 is 0 Å². The molecule has 1 aromatic rings. The number of anilines is 1. The van der Waals surface area contributed by atoms with Gasteiger partial charge in [0.05, 0.1) is 0 Å². The molecule has 0 unspecified atom stereocenters. The lowest BCUT2D eigenvalue weighted by atomic mass is 9.75. The Balaban J connectivity index is 2.08. The van der Waals surface area contributed by atoms with Crippen LogP contribution in [-0.2, 0) is 5.41 Å². The second-order valence-electron chi connectivity index (χ2n) is 7.88. The molecule has 0 heterocycles. The summed E-state index contributed by atoms with van der Waals surface area (Å²) in [6, 6.07) is 9.44. The van der Waals surface area contributed by atoms with Gasteiger partial charge in [-0.15, -0.1) is 0 Å². The highest BCUT2D eigenvalue weighted by atomic mass is 14.9. The van der Waals surface area contributed by atoms with Crippen LogP contribution in [0.5, 0.6) is 0 Å². The Kier molecular flexibility index (Phi) is 3.94. The van der Waals surface area contributed by atoms with Crippen molar-refractivity contribution in [3.63, 3.8) is 0 Å². The molecular formula is C18H29N. The van der Waals surface area contributed by atoms with Crippen LogP contribution in [0, 0.1) is 5.41 Å². The van der Waals surface area contributed by atoms with E-state index in [0.29, 0.717) is 11.5 Å². The fraction of sp³-hybridized carbons (Fsp3) is 0.667. The number of hydrogen-bond acceptors (Lipinski definition) is 1. The fourth-order valence-electron chi connectivity index (χ4n) is 3.03. The summed E-state index contributed by atoms with van der Waals surface area (Å²) in [7, 11) is 0. The van der Waals surface area contributed by atoms with Crippen molar-refractivity contribution in [1.82, 2.24) is 0 Å². The molecule has 1 heteroatoms. The Labute approximate surface area is 118 Å². The molecule has 2 rings (SSSR count). The molecule has 1 aliphatic rings. The van der Waals surface area contributed by atoms with E-state index in [1.165, 1.54) is 36.9 Å². The van der Waals surface area contributed by atoms with Crippen LogP contribution < -0.4 is 5.32 Å². The molecule has 106 valence electrons. The van der Waals surface area contributed by atoms with Gasteiger partial charge in [-0.3, -0.25) is 0 Å². The summed E-state index contributed by atoms with van der Waals surface area (Å²) in [5.74, 6) is 0. The Morgan fingerprint density at radius 2 is 1.63 bits per heavy atom. The molecule has 19 heavy (non-hydrogen) atoms. The normalized spacial score (nSPS) is 20.3. The van der Waals surface area contributed by atoms with Crippen molar-refractivity contribution in [3.8, 4) is 0 Å². The Bertz CT molecular complexity index is 416. The summed E-state index contributed by atoms with van der Waals surface area (Å²) >= 11 is 0. The minimum absolute atomic E-state index is 0.206. The highest BCUT2D eigenvalue weighted by Crippen LogP contribution is 2.37. The van der Waals surface area contributed by atoms with Gasteiger partial charge in [0.15, 0.2) is 0 Å². The average Bonchev–Trinajstić information content (AvgIpc) is 2.31. The first-order chi connectivity index (χ1) is 8.78. The van der Waals surface area contributed by atoms with Crippen LogP contribution in [-0.4, -0.2) is 6.04 Å². The predicted octanol–water partition coefficient (Wildman–Crippen LogP) is 5.36. The third-order valence-corrected chi connectivity index (χ3v) is 4.43. The zero-order valence-electron chi connectivity index (χ0n) is 13.2. The average molecular weight is 259 g/mol. The molecule has 1 aliphatic carbocycles. The zero-order valence-corrected chi connectivity index (χ0v) is 13.2. The SMILES string of the molecule is CC1(C)CCC(Nc2ccccc2C(C)(C)C)CC1. The topological polar surface area (TPSA) is 12.0 Å². The van der Waals surface area contributed by atoms with Gasteiger partial charge in [-0.2, -0.15) is 0 Å². The number of hydrogen-bond donors (Lipinski definition) is 1. The van der Waals surface area contributed by atoms with Crippen LogP contribution >= 0.6 is 0 Å². The van der Waals surface area contributed by atoms with Crippen molar-refractivity contribution in [3.05, 3.63) is 29.8 Å². The fourth-order valence-corrected chi connectivity index (χ4v) is 3.03. The molecule has 0 radical (unpaired) electrons. The summed E-state index contributed by atoms with van der Waals surface area (Å²) < 4.78 is 0. The molecule has 1 fully saturated rings. The number of rotatable bonds is 2. The van der Waals surface area contributed by atoms with Gasteiger partial charge in [0, 0.05) is 11.7 Å². The number of nitrogens with one attached hydrogen (secondary N) is 1. The quantitative estimate of drug-likeness (QED) is 0.753. The van der Waals surface area contributed by atoms with E-state index in [1.54, 1.807) is 0 Å². The Morgan fingerprint density at radius 3 is 2.21 bits per heavy atom.